The predicted molar refractivity (Wildman–Crippen MR) is 131 cm³/mol. The van der Waals surface area contributed by atoms with E-state index in [0.29, 0.717) is 23.7 Å². The molecule has 0 aliphatic carbocycles. The third kappa shape index (κ3) is 5.74. The second kappa shape index (κ2) is 11.3. The molecule has 0 bridgehead atoms. The van der Waals surface area contributed by atoms with E-state index in [2.05, 4.69) is 6.92 Å². The van der Waals surface area contributed by atoms with Gasteiger partial charge in [0, 0.05) is 17.3 Å². The molecule has 33 heavy (non-hydrogen) atoms. The zero-order chi connectivity index (χ0) is 24.0. The van der Waals surface area contributed by atoms with Crippen LogP contribution in [0, 0.1) is 6.92 Å². The zero-order valence-corrected chi connectivity index (χ0v) is 20.3. The Labute approximate surface area is 201 Å². The van der Waals surface area contributed by atoms with Crippen molar-refractivity contribution in [2.45, 2.75) is 46.0 Å². The van der Waals surface area contributed by atoms with E-state index >= 15 is 0 Å². The Morgan fingerprint density at radius 3 is 2.48 bits per heavy atom. The van der Waals surface area contributed by atoms with Gasteiger partial charge in [-0.15, -0.1) is 0 Å². The largest absolute Gasteiger partial charge is 0.333 e. The lowest BCUT2D eigenvalue weighted by molar-refractivity contribution is -0.141. The molecule has 1 saturated heterocycles. The van der Waals surface area contributed by atoms with Gasteiger partial charge >= 0.3 is 0 Å². The predicted octanol–water partition coefficient (Wildman–Crippen LogP) is 4.60. The Morgan fingerprint density at radius 1 is 1.09 bits per heavy atom. The van der Waals surface area contributed by atoms with E-state index in [1.807, 2.05) is 50.2 Å². The first-order chi connectivity index (χ1) is 15.9. The fourth-order valence-corrected chi connectivity index (χ4v) is 4.32. The second-order valence-electron chi connectivity index (χ2n) is 8.42. The number of rotatable bonds is 9. The molecule has 6 nitrogen and oxygen atoms in total. The minimum Gasteiger partial charge on any atom is -0.333 e. The third-order valence-electron chi connectivity index (χ3n) is 6.15. The molecule has 0 radical (unpaired) electrons. The highest BCUT2D eigenvalue weighted by molar-refractivity contribution is 6.31. The van der Waals surface area contributed by atoms with Gasteiger partial charge in [0.25, 0.3) is 0 Å². The SMILES string of the molecule is CCCCN(CC(=O)N1CC(=O)N(c2cccc(Cl)c2C)C1)C(=O)C(CC)c1ccccc1. The summed E-state index contributed by atoms with van der Waals surface area (Å²) in [4.78, 5) is 44.0. The molecule has 1 aliphatic rings. The summed E-state index contributed by atoms with van der Waals surface area (Å²) in [7, 11) is 0. The van der Waals surface area contributed by atoms with Gasteiger partial charge in [-0.2, -0.15) is 0 Å². The summed E-state index contributed by atoms with van der Waals surface area (Å²) in [5, 5.41) is 0.577. The molecule has 0 saturated carbocycles. The average Bonchev–Trinajstić information content (AvgIpc) is 3.21. The highest BCUT2D eigenvalue weighted by Crippen LogP contribution is 2.29. The molecule has 0 aromatic heterocycles. The topological polar surface area (TPSA) is 60.9 Å². The number of unbranched alkanes of at least 4 members (excludes halogenated alkanes) is 1. The number of anilines is 1. The van der Waals surface area contributed by atoms with E-state index in [1.165, 1.54) is 4.90 Å². The summed E-state index contributed by atoms with van der Waals surface area (Å²) >= 11 is 6.22. The van der Waals surface area contributed by atoms with Crippen molar-refractivity contribution in [2.75, 3.05) is 31.2 Å². The molecule has 2 aromatic carbocycles. The molecule has 1 heterocycles. The number of benzene rings is 2. The lowest BCUT2D eigenvalue weighted by atomic mass is 9.95. The molecule has 1 fully saturated rings. The third-order valence-corrected chi connectivity index (χ3v) is 6.56. The fourth-order valence-electron chi connectivity index (χ4n) is 4.15. The van der Waals surface area contributed by atoms with Crippen LogP contribution in [-0.2, 0) is 14.4 Å². The zero-order valence-electron chi connectivity index (χ0n) is 19.6. The van der Waals surface area contributed by atoms with Gasteiger partial charge < -0.3 is 9.80 Å². The van der Waals surface area contributed by atoms with Crippen molar-refractivity contribution in [2.24, 2.45) is 0 Å². The maximum Gasteiger partial charge on any atom is 0.248 e. The van der Waals surface area contributed by atoms with Crippen LogP contribution in [0.5, 0.6) is 0 Å². The van der Waals surface area contributed by atoms with Crippen molar-refractivity contribution in [3.63, 3.8) is 0 Å². The highest BCUT2D eigenvalue weighted by atomic mass is 35.5. The smallest absolute Gasteiger partial charge is 0.248 e. The van der Waals surface area contributed by atoms with Crippen molar-refractivity contribution < 1.29 is 14.4 Å². The van der Waals surface area contributed by atoms with Gasteiger partial charge in [0.1, 0.15) is 13.2 Å². The molecular formula is C26H32ClN3O3. The number of carbonyl (C=O) groups excluding carboxylic acids is 3. The minimum atomic E-state index is -0.290. The lowest BCUT2D eigenvalue weighted by Crippen LogP contribution is -2.44. The summed E-state index contributed by atoms with van der Waals surface area (Å²) in [5.74, 6) is -0.714. The molecule has 3 amide bonds. The molecule has 1 aliphatic heterocycles. The maximum atomic E-state index is 13.4. The molecular weight excluding hydrogens is 438 g/mol. The Bertz CT molecular complexity index is 996. The number of halogens is 1. The fraction of sp³-hybridized carbons (Fsp3) is 0.423. The number of amides is 3. The van der Waals surface area contributed by atoms with Crippen molar-refractivity contribution in [1.82, 2.24) is 9.80 Å². The average molecular weight is 470 g/mol. The van der Waals surface area contributed by atoms with E-state index < -0.39 is 0 Å². The molecule has 3 rings (SSSR count). The first-order valence-corrected chi connectivity index (χ1v) is 11.9. The van der Waals surface area contributed by atoms with Crippen LogP contribution in [0.3, 0.4) is 0 Å². The molecule has 1 atom stereocenters. The molecule has 0 N–H and O–H groups in total. The van der Waals surface area contributed by atoms with Crippen LogP contribution < -0.4 is 4.90 Å². The van der Waals surface area contributed by atoms with Crippen molar-refractivity contribution in [3.8, 4) is 0 Å². The van der Waals surface area contributed by atoms with Gasteiger partial charge in [-0.05, 0) is 43.0 Å². The van der Waals surface area contributed by atoms with Crippen LogP contribution in [0.25, 0.3) is 0 Å². The number of carbonyl (C=O) groups is 3. The summed E-state index contributed by atoms with van der Waals surface area (Å²) in [6.07, 6.45) is 2.39. The number of hydrogen-bond acceptors (Lipinski definition) is 3. The molecule has 0 spiro atoms. The minimum absolute atomic E-state index is 0.00349. The normalized spacial score (nSPS) is 14.5. The monoisotopic (exact) mass is 469 g/mol. The standard InChI is InChI=1S/C26H32ClN3O3/c1-4-6-15-28(26(33)21(5-2)20-11-8-7-9-12-20)16-24(31)29-17-25(32)30(18-29)23-14-10-13-22(27)19(23)3/h7-14,21H,4-6,15-18H2,1-3H3. The molecule has 1 unspecified atom stereocenters. The van der Waals surface area contributed by atoms with Gasteiger partial charge in [-0.3, -0.25) is 19.3 Å². The second-order valence-corrected chi connectivity index (χ2v) is 8.83. The van der Waals surface area contributed by atoms with E-state index in [0.717, 1.165) is 24.0 Å². The number of hydrogen-bond donors (Lipinski definition) is 0. The summed E-state index contributed by atoms with van der Waals surface area (Å²) < 4.78 is 0. The van der Waals surface area contributed by atoms with E-state index in [1.54, 1.807) is 21.9 Å². The maximum absolute atomic E-state index is 13.4. The van der Waals surface area contributed by atoms with Crippen molar-refractivity contribution >= 4 is 35.0 Å². The van der Waals surface area contributed by atoms with Crippen LogP contribution >= 0.6 is 11.6 Å². The highest BCUT2D eigenvalue weighted by Gasteiger charge is 2.34. The molecule has 7 heteroatoms. The first-order valence-electron chi connectivity index (χ1n) is 11.5. The Morgan fingerprint density at radius 2 is 1.82 bits per heavy atom. The lowest BCUT2D eigenvalue weighted by Gasteiger charge is -2.28. The Hall–Kier alpha value is -2.86. The Balaban J connectivity index is 1.74. The summed E-state index contributed by atoms with van der Waals surface area (Å²) in [6.45, 7) is 6.54. The van der Waals surface area contributed by atoms with Crippen LogP contribution in [-0.4, -0.2) is 53.8 Å². The number of nitrogens with zero attached hydrogens (tertiary/aromatic N) is 3. The molecule has 176 valence electrons. The first kappa shape index (κ1) is 24.8. The van der Waals surface area contributed by atoms with Crippen molar-refractivity contribution in [3.05, 3.63) is 64.7 Å². The summed E-state index contributed by atoms with van der Waals surface area (Å²) in [5.41, 5.74) is 2.46. The van der Waals surface area contributed by atoms with Crippen LogP contribution in [0.1, 0.15) is 50.2 Å². The van der Waals surface area contributed by atoms with Gasteiger partial charge in [0.15, 0.2) is 0 Å². The quantitative estimate of drug-likeness (QED) is 0.539. The molecule has 2 aromatic rings. The van der Waals surface area contributed by atoms with E-state index in [-0.39, 0.29) is 43.4 Å². The van der Waals surface area contributed by atoms with Crippen LogP contribution in [0.2, 0.25) is 5.02 Å². The van der Waals surface area contributed by atoms with E-state index in [9.17, 15) is 14.4 Å². The van der Waals surface area contributed by atoms with Crippen LogP contribution in [0.15, 0.2) is 48.5 Å². The van der Waals surface area contributed by atoms with Crippen molar-refractivity contribution in [1.29, 1.82) is 0 Å². The van der Waals surface area contributed by atoms with Gasteiger partial charge in [0.05, 0.1) is 12.5 Å². The van der Waals surface area contributed by atoms with Crippen LogP contribution in [0.4, 0.5) is 5.69 Å². The summed E-state index contributed by atoms with van der Waals surface area (Å²) in [6, 6.07) is 15.1. The Kier molecular flexibility index (Phi) is 8.50. The van der Waals surface area contributed by atoms with E-state index in [4.69, 9.17) is 11.6 Å². The van der Waals surface area contributed by atoms with Gasteiger partial charge in [-0.1, -0.05) is 68.3 Å². The van der Waals surface area contributed by atoms with Gasteiger partial charge in [-0.25, -0.2) is 0 Å². The van der Waals surface area contributed by atoms with Gasteiger partial charge in [0.2, 0.25) is 17.7 Å².